The van der Waals surface area contributed by atoms with E-state index in [9.17, 15) is 9.59 Å². The van der Waals surface area contributed by atoms with E-state index in [1.165, 1.54) is 0 Å². The van der Waals surface area contributed by atoms with Gasteiger partial charge in [0.1, 0.15) is 18.7 Å². The summed E-state index contributed by atoms with van der Waals surface area (Å²) in [6, 6.07) is 20.8. The van der Waals surface area contributed by atoms with Crippen molar-refractivity contribution in [2.75, 3.05) is 23.9 Å². The number of hydrogen-bond acceptors (Lipinski definition) is 5. The molecule has 1 fully saturated rings. The first-order chi connectivity index (χ1) is 18.5. The topological polar surface area (TPSA) is 80.2 Å². The van der Waals surface area contributed by atoms with Gasteiger partial charge in [0.2, 0.25) is 6.10 Å². The predicted molar refractivity (Wildman–Crippen MR) is 149 cm³/mol. The number of ether oxygens (including phenoxy) is 1. The summed E-state index contributed by atoms with van der Waals surface area (Å²) in [7, 11) is 1.57. The van der Waals surface area contributed by atoms with Gasteiger partial charge in [0.15, 0.2) is 5.78 Å². The van der Waals surface area contributed by atoms with E-state index in [-0.39, 0.29) is 11.7 Å². The lowest BCUT2D eigenvalue weighted by Crippen LogP contribution is -2.36. The van der Waals surface area contributed by atoms with Crippen molar-refractivity contribution in [3.63, 3.8) is 0 Å². The van der Waals surface area contributed by atoms with E-state index in [1.807, 2.05) is 67.6 Å². The van der Waals surface area contributed by atoms with Crippen LogP contribution in [-0.2, 0) is 16.1 Å². The van der Waals surface area contributed by atoms with Gasteiger partial charge >= 0.3 is 0 Å². The Morgan fingerprint density at radius 2 is 1.82 bits per heavy atom. The van der Waals surface area contributed by atoms with Gasteiger partial charge in [-0.05, 0) is 74.1 Å². The summed E-state index contributed by atoms with van der Waals surface area (Å²) >= 11 is 0. The second-order valence-corrected chi connectivity index (χ2v) is 9.79. The molecule has 3 aromatic carbocycles. The lowest BCUT2D eigenvalue weighted by atomic mass is 9.90. The summed E-state index contributed by atoms with van der Waals surface area (Å²) in [6.07, 6.45) is 4.47. The molecule has 5 rings (SSSR count). The number of aryl methyl sites for hydroxylation is 2. The normalized spacial score (nSPS) is 17.1. The number of benzene rings is 3. The largest absolute Gasteiger partial charge is 0.476 e. The molecule has 1 unspecified atom stereocenters. The number of hydrogen-bond donors (Lipinski definition) is 1. The minimum Gasteiger partial charge on any atom is -0.476 e. The third-order valence-electron chi connectivity index (χ3n) is 7.12. The molecule has 196 valence electrons. The van der Waals surface area contributed by atoms with Crippen molar-refractivity contribution in [3.05, 3.63) is 89.0 Å². The Labute approximate surface area is 223 Å². The fourth-order valence-corrected chi connectivity index (χ4v) is 5.24. The highest BCUT2D eigenvalue weighted by atomic mass is 16.6. The fourth-order valence-electron chi connectivity index (χ4n) is 5.24. The van der Waals surface area contributed by atoms with Crippen molar-refractivity contribution in [3.8, 4) is 5.75 Å². The maximum Gasteiger partial charge on any atom is 0.270 e. The van der Waals surface area contributed by atoms with Gasteiger partial charge in [-0.3, -0.25) is 9.59 Å². The molecule has 1 atom stereocenters. The molecule has 0 aromatic heterocycles. The molecular formula is C31H33N3O4. The zero-order valence-electron chi connectivity index (χ0n) is 21.9. The van der Waals surface area contributed by atoms with Crippen LogP contribution >= 0.6 is 0 Å². The van der Waals surface area contributed by atoms with Gasteiger partial charge in [0, 0.05) is 41.9 Å². The minimum atomic E-state index is -0.879. The van der Waals surface area contributed by atoms with Crippen LogP contribution in [0.4, 0.5) is 11.4 Å². The molecule has 1 aliphatic heterocycles. The molecule has 2 aliphatic rings. The Kier molecular flexibility index (Phi) is 7.73. The Hall–Kier alpha value is -4.13. The number of amidine groups is 1. The molecule has 1 saturated heterocycles. The summed E-state index contributed by atoms with van der Waals surface area (Å²) < 4.78 is 6.24. The summed E-state index contributed by atoms with van der Waals surface area (Å²) in [5, 5.41) is 7.25. The average Bonchev–Trinajstić information content (AvgIpc) is 2.93. The number of amides is 1. The highest BCUT2D eigenvalue weighted by Crippen LogP contribution is 2.31. The van der Waals surface area contributed by atoms with E-state index in [0.29, 0.717) is 23.4 Å². The monoisotopic (exact) mass is 511 g/mol. The summed E-state index contributed by atoms with van der Waals surface area (Å²) in [5.74, 6) is 1.26. The van der Waals surface area contributed by atoms with Gasteiger partial charge in [0.05, 0.1) is 0 Å². The second-order valence-electron chi connectivity index (χ2n) is 9.79. The van der Waals surface area contributed by atoms with Gasteiger partial charge in [-0.2, -0.15) is 0 Å². The van der Waals surface area contributed by atoms with Gasteiger partial charge < -0.3 is 19.8 Å². The molecule has 1 aliphatic carbocycles. The van der Waals surface area contributed by atoms with Crippen molar-refractivity contribution in [1.82, 2.24) is 0 Å². The molecule has 0 saturated carbocycles. The maximum absolute atomic E-state index is 13.6. The molecule has 1 amide bonds. The Balaban J connectivity index is 1.37. The third-order valence-corrected chi connectivity index (χ3v) is 7.12. The average molecular weight is 512 g/mol. The van der Waals surface area contributed by atoms with E-state index < -0.39 is 6.10 Å². The first kappa shape index (κ1) is 25.5. The van der Waals surface area contributed by atoms with Crippen LogP contribution in [0.25, 0.3) is 0 Å². The van der Waals surface area contributed by atoms with Gasteiger partial charge in [0.25, 0.3) is 5.91 Å². The van der Waals surface area contributed by atoms with Gasteiger partial charge in [-0.25, -0.2) is 0 Å². The standard InChI is InChI=1S/C31H33N3O4/c1-21-19-24(15-17-27(21)34-18-7-6-13-29(34)33-37-2)32-31(36)30(23-9-4-3-5-10-23)38-25-16-14-22-11-8-12-28(35)26(22)20-25/h3-5,9-10,14-17,19-20,30H,6-8,11-13,18H2,1-2H3,(H,32,36)/b33-29+. The van der Waals surface area contributed by atoms with Crippen LogP contribution in [-0.4, -0.2) is 31.2 Å². The first-order valence-corrected chi connectivity index (χ1v) is 13.2. The molecule has 0 radical (unpaired) electrons. The molecule has 1 N–H and O–H groups in total. The van der Waals surface area contributed by atoms with Crippen LogP contribution < -0.4 is 15.0 Å². The Morgan fingerprint density at radius 1 is 0.974 bits per heavy atom. The number of nitrogens with zero attached hydrogens (tertiary/aromatic N) is 2. The van der Waals surface area contributed by atoms with Crippen LogP contribution in [0.15, 0.2) is 71.9 Å². The first-order valence-electron chi connectivity index (χ1n) is 13.2. The summed E-state index contributed by atoms with van der Waals surface area (Å²) in [5.41, 5.74) is 5.23. The van der Waals surface area contributed by atoms with Crippen LogP contribution in [0.1, 0.15) is 65.3 Å². The summed E-state index contributed by atoms with van der Waals surface area (Å²) in [4.78, 5) is 33.2. The molecular weight excluding hydrogens is 478 g/mol. The van der Waals surface area contributed by atoms with Crippen LogP contribution in [0.5, 0.6) is 5.75 Å². The number of rotatable bonds is 7. The van der Waals surface area contributed by atoms with Crippen LogP contribution in [0.3, 0.4) is 0 Å². The van der Waals surface area contributed by atoms with E-state index in [4.69, 9.17) is 9.57 Å². The van der Waals surface area contributed by atoms with Crippen LogP contribution in [0.2, 0.25) is 0 Å². The molecule has 3 aromatic rings. The predicted octanol–water partition coefficient (Wildman–Crippen LogP) is 6.22. The van der Waals surface area contributed by atoms with Crippen molar-refractivity contribution < 1.29 is 19.2 Å². The Morgan fingerprint density at radius 3 is 2.61 bits per heavy atom. The zero-order chi connectivity index (χ0) is 26.5. The maximum atomic E-state index is 13.6. The number of Topliss-reactive ketones (excluding diaryl/α,β-unsaturated/α-hetero) is 1. The molecule has 0 bridgehead atoms. The molecule has 7 heteroatoms. The van der Waals surface area contributed by atoms with E-state index in [0.717, 1.165) is 66.9 Å². The second kappa shape index (κ2) is 11.5. The molecule has 7 nitrogen and oxygen atoms in total. The van der Waals surface area contributed by atoms with Crippen molar-refractivity contribution in [1.29, 1.82) is 0 Å². The van der Waals surface area contributed by atoms with Crippen molar-refractivity contribution >= 4 is 28.9 Å². The van der Waals surface area contributed by atoms with Gasteiger partial charge in [-0.15, -0.1) is 0 Å². The third kappa shape index (κ3) is 5.57. The van der Waals surface area contributed by atoms with Gasteiger partial charge in [-0.1, -0.05) is 41.6 Å². The molecule has 1 heterocycles. The number of piperidine rings is 1. The Bertz CT molecular complexity index is 1350. The lowest BCUT2D eigenvalue weighted by Gasteiger charge is -2.31. The highest BCUT2D eigenvalue weighted by molar-refractivity contribution is 6.00. The molecule has 38 heavy (non-hydrogen) atoms. The smallest absolute Gasteiger partial charge is 0.270 e. The van der Waals surface area contributed by atoms with E-state index in [2.05, 4.69) is 15.4 Å². The number of nitrogens with one attached hydrogen (secondary N) is 1. The zero-order valence-corrected chi connectivity index (χ0v) is 21.9. The van der Waals surface area contributed by atoms with Crippen molar-refractivity contribution in [2.24, 2.45) is 5.16 Å². The minimum absolute atomic E-state index is 0.125. The van der Waals surface area contributed by atoms with Crippen LogP contribution in [0, 0.1) is 6.92 Å². The lowest BCUT2D eigenvalue weighted by molar-refractivity contribution is -0.123. The van der Waals surface area contributed by atoms with Crippen molar-refractivity contribution in [2.45, 2.75) is 51.6 Å². The molecule has 0 spiro atoms. The number of fused-ring (bicyclic) bond motifs is 1. The quantitative estimate of drug-likeness (QED) is 0.381. The van der Waals surface area contributed by atoms with E-state index in [1.54, 1.807) is 13.2 Å². The summed E-state index contributed by atoms with van der Waals surface area (Å²) in [6.45, 7) is 2.90. The number of carbonyl (C=O) groups excluding carboxylic acids is 2. The number of carbonyl (C=O) groups is 2. The number of ketones is 1. The highest BCUT2D eigenvalue weighted by Gasteiger charge is 2.26. The fraction of sp³-hybridized carbons (Fsp3) is 0.323. The van der Waals surface area contributed by atoms with E-state index >= 15 is 0 Å². The SMILES string of the molecule is CO/N=C1\CCCCN1c1ccc(NC(=O)C(Oc2ccc3c(c2)C(=O)CCC3)c2ccccc2)cc1C. The number of oxime groups is 1. The number of anilines is 2.